The molecule has 2 aromatic rings. The Balaban J connectivity index is 2.10. The monoisotopic (exact) mass is 395 g/mol. The fraction of sp³-hybridized carbons (Fsp3) is 0.368. The minimum absolute atomic E-state index is 0.145. The van der Waals surface area contributed by atoms with Gasteiger partial charge < -0.3 is 14.8 Å². The maximum Gasteiger partial charge on any atom is 0.175 e. The maximum atomic E-state index is 13.7. The molecule has 0 amide bonds. The second-order valence-corrected chi connectivity index (χ2v) is 6.87. The molecule has 3 nitrogen and oxygen atoms in total. The van der Waals surface area contributed by atoms with Gasteiger partial charge in [0.2, 0.25) is 0 Å². The van der Waals surface area contributed by atoms with E-state index in [0.29, 0.717) is 23.0 Å². The van der Waals surface area contributed by atoms with Crippen LogP contribution in [0.2, 0.25) is 0 Å². The first-order valence-electron chi connectivity index (χ1n) is 7.94. The molecule has 0 heterocycles. The molecule has 0 aliphatic heterocycles. The van der Waals surface area contributed by atoms with Gasteiger partial charge in [-0.2, -0.15) is 0 Å². The highest BCUT2D eigenvalue weighted by Gasteiger charge is 2.13. The largest absolute Gasteiger partial charge is 0.493 e. The summed E-state index contributed by atoms with van der Waals surface area (Å²) in [6.45, 7) is 6.19. The molecule has 2 aromatic carbocycles. The van der Waals surface area contributed by atoms with Crippen LogP contribution in [0.5, 0.6) is 11.5 Å². The molecule has 0 bridgehead atoms. The minimum atomic E-state index is -0.276. The van der Waals surface area contributed by atoms with Gasteiger partial charge in [0.15, 0.2) is 11.5 Å². The molecule has 0 atom stereocenters. The summed E-state index contributed by atoms with van der Waals surface area (Å²) in [6, 6.07) is 10.5. The van der Waals surface area contributed by atoms with Crippen LogP contribution in [0, 0.1) is 11.7 Å². The van der Waals surface area contributed by atoms with E-state index in [1.165, 1.54) is 6.07 Å². The first-order valence-corrected chi connectivity index (χ1v) is 8.74. The molecule has 0 saturated heterocycles. The number of ether oxygens (including phenoxy) is 2. The first-order chi connectivity index (χ1) is 11.5. The maximum absolute atomic E-state index is 13.7. The lowest BCUT2D eigenvalue weighted by Crippen LogP contribution is -2.19. The molecule has 0 aliphatic carbocycles. The van der Waals surface area contributed by atoms with Crippen LogP contribution in [-0.4, -0.2) is 13.7 Å². The Labute approximate surface area is 151 Å². The number of methoxy groups -OCH3 is 1. The molecule has 0 unspecified atom stereocenters. The van der Waals surface area contributed by atoms with Gasteiger partial charge in [-0.15, -0.1) is 0 Å². The molecule has 1 N–H and O–H groups in total. The molecule has 2 rings (SSSR count). The molecule has 0 aromatic heterocycles. The van der Waals surface area contributed by atoms with Gasteiger partial charge in [-0.1, -0.05) is 32.0 Å². The van der Waals surface area contributed by atoms with E-state index in [-0.39, 0.29) is 12.4 Å². The van der Waals surface area contributed by atoms with E-state index in [1.807, 2.05) is 12.1 Å². The molecule has 24 heavy (non-hydrogen) atoms. The average Bonchev–Trinajstić information content (AvgIpc) is 2.54. The molecule has 0 saturated carbocycles. The van der Waals surface area contributed by atoms with Gasteiger partial charge >= 0.3 is 0 Å². The van der Waals surface area contributed by atoms with Gasteiger partial charge in [-0.3, -0.25) is 0 Å². The summed E-state index contributed by atoms with van der Waals surface area (Å²) in [5, 5.41) is 3.40. The number of halogens is 2. The number of hydrogen-bond acceptors (Lipinski definition) is 3. The van der Waals surface area contributed by atoms with Crippen molar-refractivity contribution >= 4 is 15.9 Å². The van der Waals surface area contributed by atoms with Crippen LogP contribution in [0.4, 0.5) is 4.39 Å². The van der Waals surface area contributed by atoms with Crippen molar-refractivity contribution in [3.63, 3.8) is 0 Å². The summed E-state index contributed by atoms with van der Waals surface area (Å²) in [7, 11) is 1.60. The lowest BCUT2D eigenvalue weighted by Gasteiger charge is -2.15. The van der Waals surface area contributed by atoms with E-state index in [2.05, 4.69) is 35.1 Å². The van der Waals surface area contributed by atoms with Crippen LogP contribution < -0.4 is 14.8 Å². The molecular formula is C19H23BrFNO2. The Bertz CT molecular complexity index is 676. The summed E-state index contributed by atoms with van der Waals surface area (Å²) in [4.78, 5) is 0. The first kappa shape index (κ1) is 18.7. The van der Waals surface area contributed by atoms with Gasteiger partial charge in [0.05, 0.1) is 11.6 Å². The van der Waals surface area contributed by atoms with Crippen molar-refractivity contribution in [3.8, 4) is 11.5 Å². The predicted octanol–water partition coefficient (Wildman–Crippen LogP) is 4.92. The molecular weight excluding hydrogens is 373 g/mol. The third-order valence-electron chi connectivity index (χ3n) is 3.50. The number of benzene rings is 2. The van der Waals surface area contributed by atoms with Crippen molar-refractivity contribution in [2.75, 3.05) is 13.7 Å². The standard InChI is InChI=1S/C19H23BrFNO2/c1-13(2)10-22-11-14-8-16(20)19(18(9-14)23-3)24-12-15-6-4-5-7-17(15)21/h4-9,13,22H,10-12H2,1-3H3. The third-order valence-corrected chi connectivity index (χ3v) is 4.09. The van der Waals surface area contributed by atoms with E-state index in [4.69, 9.17) is 9.47 Å². The lowest BCUT2D eigenvalue weighted by atomic mass is 10.1. The van der Waals surface area contributed by atoms with Crippen molar-refractivity contribution in [3.05, 3.63) is 57.8 Å². The van der Waals surface area contributed by atoms with Crippen LogP contribution in [0.1, 0.15) is 25.0 Å². The van der Waals surface area contributed by atoms with Crippen LogP contribution in [0.3, 0.4) is 0 Å². The topological polar surface area (TPSA) is 30.5 Å². The van der Waals surface area contributed by atoms with E-state index in [0.717, 1.165) is 23.1 Å². The molecule has 130 valence electrons. The highest BCUT2D eigenvalue weighted by atomic mass is 79.9. The summed E-state index contributed by atoms with van der Waals surface area (Å²) in [5.74, 6) is 1.52. The average molecular weight is 396 g/mol. The summed E-state index contributed by atoms with van der Waals surface area (Å²) in [5.41, 5.74) is 1.60. The number of nitrogens with one attached hydrogen (secondary N) is 1. The van der Waals surface area contributed by atoms with Gasteiger partial charge in [-0.05, 0) is 52.2 Å². The summed E-state index contributed by atoms with van der Waals surface area (Å²) >= 11 is 3.53. The zero-order valence-electron chi connectivity index (χ0n) is 14.2. The molecule has 0 radical (unpaired) electrons. The van der Waals surface area contributed by atoms with Crippen LogP contribution >= 0.6 is 15.9 Å². The Morgan fingerprint density at radius 2 is 1.96 bits per heavy atom. The van der Waals surface area contributed by atoms with Crippen LogP contribution in [0.25, 0.3) is 0 Å². The fourth-order valence-electron chi connectivity index (χ4n) is 2.29. The molecule has 0 spiro atoms. The smallest absolute Gasteiger partial charge is 0.175 e. The van der Waals surface area contributed by atoms with Gasteiger partial charge in [0.25, 0.3) is 0 Å². The van der Waals surface area contributed by atoms with Crippen molar-refractivity contribution in [2.24, 2.45) is 5.92 Å². The van der Waals surface area contributed by atoms with Crippen molar-refractivity contribution in [1.82, 2.24) is 5.32 Å². The second kappa shape index (κ2) is 9.04. The zero-order chi connectivity index (χ0) is 17.5. The lowest BCUT2D eigenvalue weighted by molar-refractivity contribution is 0.277. The van der Waals surface area contributed by atoms with Crippen molar-refractivity contribution in [1.29, 1.82) is 0 Å². The fourth-order valence-corrected chi connectivity index (χ4v) is 2.89. The van der Waals surface area contributed by atoms with E-state index in [1.54, 1.807) is 25.3 Å². The van der Waals surface area contributed by atoms with E-state index < -0.39 is 0 Å². The van der Waals surface area contributed by atoms with Gasteiger partial charge in [0, 0.05) is 12.1 Å². The van der Waals surface area contributed by atoms with E-state index >= 15 is 0 Å². The predicted molar refractivity (Wildman–Crippen MR) is 98.0 cm³/mol. The van der Waals surface area contributed by atoms with Crippen LogP contribution in [0.15, 0.2) is 40.9 Å². The van der Waals surface area contributed by atoms with Gasteiger partial charge in [-0.25, -0.2) is 4.39 Å². The third kappa shape index (κ3) is 5.21. The minimum Gasteiger partial charge on any atom is -0.493 e. The highest BCUT2D eigenvalue weighted by molar-refractivity contribution is 9.10. The van der Waals surface area contributed by atoms with Crippen molar-refractivity contribution < 1.29 is 13.9 Å². The quantitative estimate of drug-likeness (QED) is 0.687. The zero-order valence-corrected chi connectivity index (χ0v) is 15.8. The second-order valence-electron chi connectivity index (χ2n) is 6.01. The van der Waals surface area contributed by atoms with Crippen LogP contribution in [-0.2, 0) is 13.2 Å². The normalized spacial score (nSPS) is 10.9. The SMILES string of the molecule is COc1cc(CNCC(C)C)cc(Br)c1OCc1ccccc1F. The molecule has 5 heteroatoms. The van der Waals surface area contributed by atoms with Gasteiger partial charge in [0.1, 0.15) is 12.4 Å². The Kier molecular flexibility index (Phi) is 7.06. The summed E-state index contributed by atoms with van der Waals surface area (Å²) in [6.07, 6.45) is 0. The molecule has 0 aliphatic rings. The Morgan fingerprint density at radius 1 is 1.21 bits per heavy atom. The number of hydrogen-bond donors (Lipinski definition) is 1. The van der Waals surface area contributed by atoms with E-state index in [9.17, 15) is 4.39 Å². The van der Waals surface area contributed by atoms with Crippen molar-refractivity contribution in [2.45, 2.75) is 27.0 Å². The summed E-state index contributed by atoms with van der Waals surface area (Å²) < 4.78 is 25.7. The Morgan fingerprint density at radius 3 is 2.62 bits per heavy atom. The Hall–Kier alpha value is -1.59. The number of rotatable bonds is 8. The highest BCUT2D eigenvalue weighted by Crippen LogP contribution is 2.37. The molecule has 0 fully saturated rings.